The van der Waals surface area contributed by atoms with Gasteiger partial charge in [0.05, 0.1) is 6.10 Å². The SMILES string of the molecule is NCC(O)C(c1ccc(F)cc1)c1ccccc1Cl. The maximum absolute atomic E-state index is 13.0. The summed E-state index contributed by atoms with van der Waals surface area (Å²) in [6.45, 7) is 0.104. The standard InChI is InChI=1S/C15H15ClFNO/c16-13-4-2-1-3-12(13)15(14(19)9-18)10-5-7-11(17)8-6-10/h1-8,14-15,19H,9,18H2. The lowest BCUT2D eigenvalue weighted by Gasteiger charge is -2.23. The highest BCUT2D eigenvalue weighted by Crippen LogP contribution is 2.32. The van der Waals surface area contributed by atoms with Crippen LogP contribution in [0.1, 0.15) is 17.0 Å². The molecule has 0 aromatic heterocycles. The van der Waals surface area contributed by atoms with Gasteiger partial charge in [0.2, 0.25) is 0 Å². The zero-order valence-corrected chi connectivity index (χ0v) is 11.0. The van der Waals surface area contributed by atoms with Gasteiger partial charge in [0.25, 0.3) is 0 Å². The number of hydrogen-bond donors (Lipinski definition) is 2. The quantitative estimate of drug-likeness (QED) is 0.904. The molecule has 0 saturated heterocycles. The van der Waals surface area contributed by atoms with Gasteiger partial charge in [0, 0.05) is 17.5 Å². The Bertz CT molecular complexity index is 544. The van der Waals surface area contributed by atoms with Crippen molar-refractivity contribution in [2.45, 2.75) is 12.0 Å². The lowest BCUT2D eigenvalue weighted by atomic mass is 9.86. The van der Waals surface area contributed by atoms with Crippen LogP contribution < -0.4 is 5.73 Å². The molecule has 2 unspecified atom stereocenters. The van der Waals surface area contributed by atoms with Gasteiger partial charge >= 0.3 is 0 Å². The molecule has 0 bridgehead atoms. The first-order valence-electron chi connectivity index (χ1n) is 6.01. The van der Waals surface area contributed by atoms with E-state index in [0.717, 1.165) is 11.1 Å². The minimum absolute atomic E-state index is 0.104. The van der Waals surface area contributed by atoms with Crippen LogP contribution >= 0.6 is 11.6 Å². The molecule has 4 heteroatoms. The predicted octanol–water partition coefficient (Wildman–Crippen LogP) is 2.93. The third-order valence-electron chi connectivity index (χ3n) is 3.10. The van der Waals surface area contributed by atoms with Crippen molar-refractivity contribution in [2.75, 3.05) is 6.54 Å². The van der Waals surface area contributed by atoms with Gasteiger partial charge in [-0.25, -0.2) is 4.39 Å². The zero-order valence-electron chi connectivity index (χ0n) is 10.3. The lowest BCUT2D eigenvalue weighted by molar-refractivity contribution is 0.164. The summed E-state index contributed by atoms with van der Waals surface area (Å²) in [4.78, 5) is 0. The molecule has 2 nitrogen and oxygen atoms in total. The zero-order chi connectivity index (χ0) is 13.8. The highest BCUT2D eigenvalue weighted by Gasteiger charge is 2.24. The Hall–Kier alpha value is -1.42. The van der Waals surface area contributed by atoms with Crippen molar-refractivity contribution in [2.24, 2.45) is 5.73 Å². The molecule has 0 aliphatic heterocycles. The van der Waals surface area contributed by atoms with Crippen molar-refractivity contribution < 1.29 is 9.50 Å². The summed E-state index contributed by atoms with van der Waals surface area (Å²) in [7, 11) is 0. The largest absolute Gasteiger partial charge is 0.391 e. The van der Waals surface area contributed by atoms with Crippen LogP contribution in [0, 0.1) is 5.82 Å². The molecule has 0 aliphatic rings. The van der Waals surface area contributed by atoms with Crippen LogP contribution in [-0.2, 0) is 0 Å². The van der Waals surface area contributed by atoms with Gasteiger partial charge in [0.1, 0.15) is 5.82 Å². The molecular weight excluding hydrogens is 265 g/mol. The number of aliphatic hydroxyl groups is 1. The second-order valence-corrected chi connectivity index (χ2v) is 4.76. The Labute approximate surface area is 116 Å². The maximum atomic E-state index is 13.0. The fourth-order valence-corrected chi connectivity index (χ4v) is 2.40. The first kappa shape index (κ1) is 14.0. The van der Waals surface area contributed by atoms with Crippen molar-refractivity contribution >= 4 is 11.6 Å². The molecule has 3 N–H and O–H groups in total. The summed E-state index contributed by atoms with van der Waals surface area (Å²) in [5.41, 5.74) is 7.13. The molecule has 0 heterocycles. The van der Waals surface area contributed by atoms with E-state index in [1.54, 1.807) is 18.2 Å². The molecule has 0 aliphatic carbocycles. The first-order valence-corrected chi connectivity index (χ1v) is 6.39. The van der Waals surface area contributed by atoms with E-state index in [4.69, 9.17) is 17.3 Å². The van der Waals surface area contributed by atoms with Gasteiger partial charge in [-0.05, 0) is 29.3 Å². The molecule has 2 atom stereocenters. The van der Waals surface area contributed by atoms with Gasteiger partial charge in [-0.2, -0.15) is 0 Å². The summed E-state index contributed by atoms with van der Waals surface area (Å²) >= 11 is 6.18. The minimum atomic E-state index is -0.773. The molecule has 2 aromatic carbocycles. The van der Waals surface area contributed by atoms with E-state index in [1.165, 1.54) is 12.1 Å². The average molecular weight is 280 g/mol. The van der Waals surface area contributed by atoms with Crippen LogP contribution in [-0.4, -0.2) is 17.8 Å². The average Bonchev–Trinajstić information content (AvgIpc) is 2.43. The Morgan fingerprint density at radius 2 is 1.74 bits per heavy atom. The van der Waals surface area contributed by atoms with Crippen LogP contribution in [0.2, 0.25) is 5.02 Å². The third-order valence-corrected chi connectivity index (χ3v) is 3.44. The number of hydrogen-bond acceptors (Lipinski definition) is 2. The fraction of sp³-hybridized carbons (Fsp3) is 0.200. The summed E-state index contributed by atoms with van der Waals surface area (Å²) in [6.07, 6.45) is -0.773. The summed E-state index contributed by atoms with van der Waals surface area (Å²) < 4.78 is 13.0. The fourth-order valence-electron chi connectivity index (χ4n) is 2.14. The molecule has 0 spiro atoms. The molecule has 19 heavy (non-hydrogen) atoms. The maximum Gasteiger partial charge on any atom is 0.123 e. The van der Waals surface area contributed by atoms with Crippen LogP contribution in [0.5, 0.6) is 0 Å². The highest BCUT2D eigenvalue weighted by molar-refractivity contribution is 6.31. The number of aliphatic hydroxyl groups excluding tert-OH is 1. The Morgan fingerprint density at radius 1 is 1.11 bits per heavy atom. The van der Waals surface area contributed by atoms with Crippen LogP contribution in [0.25, 0.3) is 0 Å². The summed E-state index contributed by atoms with van der Waals surface area (Å²) in [5, 5.41) is 10.7. The first-order chi connectivity index (χ1) is 9.13. The van der Waals surface area contributed by atoms with Crippen molar-refractivity contribution in [3.8, 4) is 0 Å². The summed E-state index contributed by atoms with van der Waals surface area (Å²) in [6, 6.07) is 13.3. The smallest absolute Gasteiger partial charge is 0.123 e. The van der Waals surface area contributed by atoms with Gasteiger partial charge in [-0.1, -0.05) is 41.9 Å². The second-order valence-electron chi connectivity index (χ2n) is 4.35. The molecule has 0 radical (unpaired) electrons. The van der Waals surface area contributed by atoms with Gasteiger partial charge < -0.3 is 10.8 Å². The molecule has 0 amide bonds. The Balaban J connectivity index is 2.48. The normalized spacial score (nSPS) is 14.1. The van der Waals surface area contributed by atoms with E-state index in [0.29, 0.717) is 5.02 Å². The van der Waals surface area contributed by atoms with Crippen molar-refractivity contribution in [1.29, 1.82) is 0 Å². The van der Waals surface area contributed by atoms with Crippen LogP contribution in [0.4, 0.5) is 4.39 Å². The molecular formula is C15H15ClFNO. The lowest BCUT2D eigenvalue weighted by Crippen LogP contribution is -2.28. The van der Waals surface area contributed by atoms with Crippen LogP contribution in [0.15, 0.2) is 48.5 Å². The van der Waals surface area contributed by atoms with Crippen molar-refractivity contribution in [3.63, 3.8) is 0 Å². The van der Waals surface area contributed by atoms with E-state index in [-0.39, 0.29) is 18.3 Å². The number of nitrogens with two attached hydrogens (primary N) is 1. The van der Waals surface area contributed by atoms with E-state index < -0.39 is 6.10 Å². The molecule has 2 rings (SSSR count). The highest BCUT2D eigenvalue weighted by atomic mass is 35.5. The third kappa shape index (κ3) is 3.13. The summed E-state index contributed by atoms with van der Waals surface area (Å²) in [5.74, 6) is -0.678. The molecule has 0 saturated carbocycles. The van der Waals surface area contributed by atoms with E-state index in [2.05, 4.69) is 0 Å². The van der Waals surface area contributed by atoms with Crippen molar-refractivity contribution in [3.05, 3.63) is 70.5 Å². The number of benzene rings is 2. The Morgan fingerprint density at radius 3 is 2.32 bits per heavy atom. The molecule has 2 aromatic rings. The van der Waals surface area contributed by atoms with Gasteiger partial charge in [0.15, 0.2) is 0 Å². The van der Waals surface area contributed by atoms with E-state index in [9.17, 15) is 9.50 Å². The van der Waals surface area contributed by atoms with Crippen LogP contribution in [0.3, 0.4) is 0 Å². The van der Waals surface area contributed by atoms with E-state index >= 15 is 0 Å². The topological polar surface area (TPSA) is 46.2 Å². The van der Waals surface area contributed by atoms with Gasteiger partial charge in [-0.3, -0.25) is 0 Å². The molecule has 0 fully saturated rings. The van der Waals surface area contributed by atoms with Gasteiger partial charge in [-0.15, -0.1) is 0 Å². The minimum Gasteiger partial charge on any atom is -0.391 e. The predicted molar refractivity (Wildman–Crippen MR) is 74.8 cm³/mol. The number of halogens is 2. The molecule has 100 valence electrons. The van der Waals surface area contributed by atoms with E-state index in [1.807, 2.05) is 18.2 Å². The van der Waals surface area contributed by atoms with Crippen molar-refractivity contribution in [1.82, 2.24) is 0 Å². The Kier molecular flexibility index (Phi) is 4.53. The monoisotopic (exact) mass is 279 g/mol. The number of rotatable bonds is 4. The second kappa shape index (κ2) is 6.15.